The lowest BCUT2D eigenvalue weighted by Gasteiger charge is -2.34. The van der Waals surface area contributed by atoms with Gasteiger partial charge < -0.3 is 9.64 Å². The van der Waals surface area contributed by atoms with Crippen LogP contribution >= 0.6 is 0 Å². The van der Waals surface area contributed by atoms with Gasteiger partial charge in [-0.1, -0.05) is 0 Å². The molecule has 1 fully saturated rings. The Labute approximate surface area is 140 Å². The van der Waals surface area contributed by atoms with Gasteiger partial charge in [-0.15, -0.1) is 0 Å². The average molecular weight is 327 g/mol. The molecule has 0 spiro atoms. The zero-order valence-corrected chi connectivity index (χ0v) is 14.2. The van der Waals surface area contributed by atoms with E-state index in [1.54, 1.807) is 10.8 Å². The molecule has 4 rings (SSSR count). The van der Waals surface area contributed by atoms with Crippen LogP contribution in [0.3, 0.4) is 0 Å². The maximum Gasteiger partial charge on any atom is 0.254 e. The Morgan fingerprint density at radius 1 is 1.21 bits per heavy atom. The highest BCUT2D eigenvalue weighted by atomic mass is 16.5. The smallest absolute Gasteiger partial charge is 0.254 e. The molecule has 1 atom stereocenters. The molecule has 1 saturated heterocycles. The molecule has 0 aromatic carbocycles. The SMILES string of the molecule is Cc1cc(N2CCO[C@@H](Cn3nc(C)cc3C)C2)n2ncnc2n1. The number of aryl methyl sites for hydroxylation is 3. The average Bonchev–Trinajstić information content (AvgIpc) is 3.13. The number of hydrogen-bond donors (Lipinski definition) is 0. The van der Waals surface area contributed by atoms with Crippen molar-refractivity contribution in [1.29, 1.82) is 0 Å². The first-order valence-electron chi connectivity index (χ1n) is 8.15. The van der Waals surface area contributed by atoms with Gasteiger partial charge in [0.1, 0.15) is 12.1 Å². The van der Waals surface area contributed by atoms with Crippen LogP contribution in [0.1, 0.15) is 17.1 Å². The molecule has 24 heavy (non-hydrogen) atoms. The summed E-state index contributed by atoms with van der Waals surface area (Å²) in [6, 6.07) is 4.14. The fourth-order valence-corrected chi connectivity index (χ4v) is 3.23. The second kappa shape index (κ2) is 5.86. The number of fused-ring (bicyclic) bond motifs is 1. The van der Waals surface area contributed by atoms with Gasteiger partial charge in [-0.3, -0.25) is 4.68 Å². The summed E-state index contributed by atoms with van der Waals surface area (Å²) >= 11 is 0. The Bertz CT molecular complexity index is 869. The maximum atomic E-state index is 5.96. The molecule has 126 valence electrons. The van der Waals surface area contributed by atoms with Crippen LogP contribution in [0.2, 0.25) is 0 Å². The second-order valence-electron chi connectivity index (χ2n) is 6.28. The van der Waals surface area contributed by atoms with Gasteiger partial charge in [0.15, 0.2) is 0 Å². The van der Waals surface area contributed by atoms with Crippen molar-refractivity contribution in [3.8, 4) is 0 Å². The molecule has 0 N–H and O–H groups in total. The zero-order chi connectivity index (χ0) is 16.7. The Hall–Kier alpha value is -2.48. The van der Waals surface area contributed by atoms with Crippen LogP contribution in [-0.4, -0.2) is 55.2 Å². The summed E-state index contributed by atoms with van der Waals surface area (Å²) in [4.78, 5) is 10.9. The van der Waals surface area contributed by atoms with Crippen molar-refractivity contribution >= 4 is 11.6 Å². The van der Waals surface area contributed by atoms with Crippen LogP contribution in [0.4, 0.5) is 5.82 Å². The van der Waals surface area contributed by atoms with E-state index >= 15 is 0 Å². The molecule has 3 aromatic heterocycles. The third-order valence-corrected chi connectivity index (χ3v) is 4.30. The Morgan fingerprint density at radius 3 is 2.88 bits per heavy atom. The monoisotopic (exact) mass is 327 g/mol. The number of anilines is 1. The summed E-state index contributed by atoms with van der Waals surface area (Å²) in [6.07, 6.45) is 1.63. The standard InChI is InChI=1S/C16H21N7O/c1-11-7-15(23-16(19-11)17-10-18-23)21-4-5-24-14(8-21)9-22-13(3)6-12(2)20-22/h6-7,10,14H,4-5,8-9H2,1-3H3/t14-/m1/s1. The maximum absolute atomic E-state index is 5.96. The lowest BCUT2D eigenvalue weighted by Crippen LogP contribution is -2.45. The quantitative estimate of drug-likeness (QED) is 0.718. The van der Waals surface area contributed by atoms with Gasteiger partial charge in [0.05, 0.1) is 24.9 Å². The van der Waals surface area contributed by atoms with Crippen molar-refractivity contribution < 1.29 is 4.74 Å². The first kappa shape index (κ1) is 15.1. The van der Waals surface area contributed by atoms with Crippen LogP contribution < -0.4 is 4.90 Å². The molecular formula is C16H21N7O. The first-order valence-corrected chi connectivity index (χ1v) is 8.15. The molecular weight excluding hydrogens is 306 g/mol. The summed E-state index contributed by atoms with van der Waals surface area (Å²) in [5.41, 5.74) is 3.13. The molecule has 8 nitrogen and oxygen atoms in total. The third-order valence-electron chi connectivity index (χ3n) is 4.30. The summed E-state index contributed by atoms with van der Waals surface area (Å²) in [5, 5.41) is 8.84. The normalized spacial score (nSPS) is 18.5. The topological polar surface area (TPSA) is 73.4 Å². The minimum absolute atomic E-state index is 0.0868. The van der Waals surface area contributed by atoms with Crippen molar-refractivity contribution in [1.82, 2.24) is 29.4 Å². The predicted octanol–water partition coefficient (Wildman–Crippen LogP) is 1.15. The lowest BCUT2D eigenvalue weighted by atomic mass is 10.2. The van der Waals surface area contributed by atoms with Crippen LogP contribution in [-0.2, 0) is 11.3 Å². The van der Waals surface area contributed by atoms with E-state index in [2.05, 4.69) is 38.1 Å². The van der Waals surface area contributed by atoms with Gasteiger partial charge >= 0.3 is 0 Å². The number of hydrogen-bond acceptors (Lipinski definition) is 6. The van der Waals surface area contributed by atoms with Crippen molar-refractivity contribution in [3.63, 3.8) is 0 Å². The minimum Gasteiger partial charge on any atom is -0.373 e. The largest absolute Gasteiger partial charge is 0.373 e. The first-order chi connectivity index (χ1) is 11.6. The van der Waals surface area contributed by atoms with Gasteiger partial charge in [0, 0.05) is 30.5 Å². The number of rotatable bonds is 3. The fraction of sp³-hybridized carbons (Fsp3) is 0.500. The predicted molar refractivity (Wildman–Crippen MR) is 89.2 cm³/mol. The molecule has 0 saturated carbocycles. The summed E-state index contributed by atoms with van der Waals surface area (Å²) in [7, 11) is 0. The van der Waals surface area contributed by atoms with Crippen molar-refractivity contribution in [3.05, 3.63) is 35.5 Å². The van der Waals surface area contributed by atoms with E-state index in [1.165, 1.54) is 0 Å². The molecule has 3 aromatic rings. The Balaban J connectivity index is 1.58. The molecule has 0 bridgehead atoms. The molecule has 0 aliphatic carbocycles. The highest BCUT2D eigenvalue weighted by Crippen LogP contribution is 2.20. The molecule has 0 unspecified atom stereocenters. The fourth-order valence-electron chi connectivity index (χ4n) is 3.23. The second-order valence-corrected chi connectivity index (χ2v) is 6.28. The molecule has 1 aliphatic heterocycles. The summed E-state index contributed by atoms with van der Waals surface area (Å²) < 4.78 is 9.77. The lowest BCUT2D eigenvalue weighted by molar-refractivity contribution is 0.0266. The van der Waals surface area contributed by atoms with Crippen molar-refractivity contribution in [2.75, 3.05) is 24.6 Å². The number of aromatic nitrogens is 6. The van der Waals surface area contributed by atoms with E-state index in [9.17, 15) is 0 Å². The zero-order valence-electron chi connectivity index (χ0n) is 14.2. The van der Waals surface area contributed by atoms with Gasteiger partial charge in [0.25, 0.3) is 5.78 Å². The Morgan fingerprint density at radius 2 is 2.08 bits per heavy atom. The van der Waals surface area contributed by atoms with Crippen molar-refractivity contribution in [2.24, 2.45) is 0 Å². The summed E-state index contributed by atoms with van der Waals surface area (Å²) in [5.74, 6) is 1.64. The van der Waals surface area contributed by atoms with Gasteiger partial charge in [-0.2, -0.15) is 19.7 Å². The van der Waals surface area contributed by atoms with Crippen LogP contribution in [0.15, 0.2) is 18.5 Å². The van der Waals surface area contributed by atoms with Gasteiger partial charge in [-0.05, 0) is 26.8 Å². The van der Waals surface area contributed by atoms with E-state index in [0.29, 0.717) is 12.4 Å². The van der Waals surface area contributed by atoms with E-state index < -0.39 is 0 Å². The minimum atomic E-state index is 0.0868. The van der Waals surface area contributed by atoms with Gasteiger partial charge in [-0.25, -0.2) is 4.98 Å². The third kappa shape index (κ3) is 2.73. The number of ether oxygens (including phenoxy) is 1. The van der Waals surface area contributed by atoms with E-state index in [-0.39, 0.29) is 6.10 Å². The molecule has 0 radical (unpaired) electrons. The molecule has 0 amide bonds. The highest BCUT2D eigenvalue weighted by molar-refractivity contribution is 5.47. The highest BCUT2D eigenvalue weighted by Gasteiger charge is 2.24. The van der Waals surface area contributed by atoms with Crippen LogP contribution in [0.25, 0.3) is 5.78 Å². The van der Waals surface area contributed by atoms with E-state index in [0.717, 1.165) is 42.5 Å². The van der Waals surface area contributed by atoms with Gasteiger partial charge in [0.2, 0.25) is 0 Å². The number of nitrogens with zero attached hydrogens (tertiary/aromatic N) is 7. The van der Waals surface area contributed by atoms with Crippen LogP contribution in [0.5, 0.6) is 0 Å². The molecule has 1 aliphatic rings. The molecule has 4 heterocycles. The van der Waals surface area contributed by atoms with E-state index in [1.807, 2.05) is 24.6 Å². The van der Waals surface area contributed by atoms with E-state index in [4.69, 9.17) is 4.74 Å². The Kier molecular flexibility index (Phi) is 3.68. The van der Waals surface area contributed by atoms with Crippen LogP contribution in [0, 0.1) is 20.8 Å². The molecule has 8 heteroatoms. The van der Waals surface area contributed by atoms with Crippen molar-refractivity contribution in [2.45, 2.75) is 33.4 Å². The number of morpholine rings is 1. The summed E-state index contributed by atoms with van der Waals surface area (Å²) in [6.45, 7) is 9.11.